The molecule has 3 saturated carbocycles. The van der Waals surface area contributed by atoms with Crippen molar-refractivity contribution in [2.75, 3.05) is 17.4 Å². The molecule has 0 aromatic heterocycles. The summed E-state index contributed by atoms with van der Waals surface area (Å²) in [4.78, 5) is 44.8. The van der Waals surface area contributed by atoms with Crippen molar-refractivity contribution in [3.8, 4) is 0 Å². The van der Waals surface area contributed by atoms with E-state index in [-0.39, 0.29) is 40.7 Å². The lowest BCUT2D eigenvalue weighted by atomic mass is 9.45. The van der Waals surface area contributed by atoms with Crippen LogP contribution in [0, 0.1) is 28.6 Å². The molecule has 0 bridgehead atoms. The Morgan fingerprint density at radius 1 is 1.23 bits per heavy atom. The van der Waals surface area contributed by atoms with Crippen molar-refractivity contribution in [1.29, 1.82) is 0 Å². The molecule has 6 rings (SSSR count). The summed E-state index contributed by atoms with van der Waals surface area (Å²) in [5.41, 5.74) is -3.79. The molecular formula is C30H33ClFNO5S. The molecule has 1 heterocycles. The summed E-state index contributed by atoms with van der Waals surface area (Å²) < 4.78 is 17.5. The lowest BCUT2D eigenvalue weighted by molar-refractivity contribution is -0.220. The normalized spacial score (nSPS) is 42.4. The Morgan fingerprint density at radius 3 is 2.64 bits per heavy atom. The van der Waals surface area contributed by atoms with Crippen molar-refractivity contribution in [1.82, 2.24) is 0 Å². The van der Waals surface area contributed by atoms with Gasteiger partial charge in [-0.3, -0.25) is 24.3 Å². The van der Waals surface area contributed by atoms with Gasteiger partial charge in [-0.05, 0) is 81.9 Å². The van der Waals surface area contributed by atoms with Gasteiger partial charge in [0.2, 0.25) is 5.12 Å². The number of alkyl halides is 1. The highest BCUT2D eigenvalue weighted by molar-refractivity contribution is 8.14. The molecule has 0 spiro atoms. The molecule has 9 heteroatoms. The van der Waals surface area contributed by atoms with Crippen LogP contribution in [-0.2, 0) is 19.2 Å². The summed E-state index contributed by atoms with van der Waals surface area (Å²) in [6, 6.07) is 7.18. The van der Waals surface area contributed by atoms with E-state index in [0.717, 1.165) is 23.0 Å². The minimum absolute atomic E-state index is 0.0302. The van der Waals surface area contributed by atoms with E-state index in [1.807, 2.05) is 19.1 Å². The third kappa shape index (κ3) is 3.57. The zero-order chi connectivity index (χ0) is 28.0. The van der Waals surface area contributed by atoms with Crippen LogP contribution in [0.3, 0.4) is 0 Å². The second kappa shape index (κ2) is 9.00. The van der Waals surface area contributed by atoms with Gasteiger partial charge < -0.3 is 5.11 Å². The molecule has 1 aromatic rings. The van der Waals surface area contributed by atoms with Crippen LogP contribution in [0.4, 0.5) is 10.1 Å². The third-order valence-corrected chi connectivity index (χ3v) is 11.8. The van der Waals surface area contributed by atoms with Crippen LogP contribution in [0.1, 0.15) is 46.5 Å². The van der Waals surface area contributed by atoms with Crippen molar-refractivity contribution < 1.29 is 28.7 Å². The van der Waals surface area contributed by atoms with Gasteiger partial charge in [0, 0.05) is 27.7 Å². The van der Waals surface area contributed by atoms with E-state index in [1.54, 1.807) is 30.2 Å². The molecule has 1 aromatic carbocycles. The molecule has 39 heavy (non-hydrogen) atoms. The highest BCUT2D eigenvalue weighted by atomic mass is 35.5. The lowest BCUT2D eigenvalue weighted by Gasteiger charge is -2.62. The molecule has 1 N–H and O–H groups in total. The van der Waals surface area contributed by atoms with E-state index in [4.69, 9.17) is 16.4 Å². The van der Waals surface area contributed by atoms with E-state index in [9.17, 15) is 19.5 Å². The minimum Gasteiger partial charge on any atom is -0.390 e. The molecule has 1 aliphatic heterocycles. The predicted molar refractivity (Wildman–Crippen MR) is 148 cm³/mol. The summed E-state index contributed by atoms with van der Waals surface area (Å²) in [5, 5.41) is 13.8. The van der Waals surface area contributed by atoms with Crippen molar-refractivity contribution in [3.05, 3.63) is 53.1 Å². The zero-order valence-corrected chi connectivity index (χ0v) is 23.9. The smallest absolute Gasteiger partial charge is 0.224 e. The maximum Gasteiger partial charge on any atom is 0.224 e. The zero-order valence-electron chi connectivity index (χ0n) is 22.3. The molecule has 5 aliphatic rings. The van der Waals surface area contributed by atoms with Crippen LogP contribution >= 0.6 is 23.4 Å². The maximum absolute atomic E-state index is 17.5. The number of carbonyl (C=O) groups is 3. The molecule has 6 nitrogen and oxygen atoms in total. The number of hydrogen-bond acceptors (Lipinski definition) is 7. The van der Waals surface area contributed by atoms with Crippen LogP contribution in [0.15, 0.2) is 48.1 Å². The standard InChI is InChI=1S/C30H33ClFNO5S/c1-17(34)16-39-26(37)30-19(15-33(38-30)21-7-5-20(31)6-8-21)13-24-23-9-4-18-12-22(35)10-11-27(18,2)29(23,32)25(36)14-28(24,30)3/h5-8,10-12,19,23-25,36H,4,9,13-16H2,1-3H3/t19-,23-,24-,25-,27-,28-,29-,30-/m0/s1. The quantitative estimate of drug-likeness (QED) is 0.525. The van der Waals surface area contributed by atoms with Gasteiger partial charge in [0.05, 0.1) is 24.1 Å². The van der Waals surface area contributed by atoms with Gasteiger partial charge in [0.1, 0.15) is 5.78 Å². The van der Waals surface area contributed by atoms with Crippen LogP contribution in [0.2, 0.25) is 5.02 Å². The number of anilines is 1. The number of carbonyl (C=O) groups excluding carboxylic acids is 3. The van der Waals surface area contributed by atoms with E-state index in [1.165, 1.54) is 19.1 Å². The fourth-order valence-electron chi connectivity index (χ4n) is 8.63. The molecule has 0 radical (unpaired) electrons. The number of thioether (sulfide) groups is 1. The number of rotatable bonds is 4. The first-order valence-corrected chi connectivity index (χ1v) is 14.9. The first kappa shape index (κ1) is 27.2. The van der Waals surface area contributed by atoms with Crippen LogP contribution < -0.4 is 5.06 Å². The number of ketones is 2. The van der Waals surface area contributed by atoms with Crippen LogP contribution in [0.25, 0.3) is 0 Å². The van der Waals surface area contributed by atoms with Gasteiger partial charge in [0.25, 0.3) is 0 Å². The number of fused-ring (bicyclic) bond motifs is 7. The Balaban J connectivity index is 1.42. The average molecular weight is 574 g/mol. The van der Waals surface area contributed by atoms with Gasteiger partial charge in [-0.25, -0.2) is 4.39 Å². The van der Waals surface area contributed by atoms with Crippen molar-refractivity contribution in [2.45, 2.75) is 63.8 Å². The van der Waals surface area contributed by atoms with Crippen molar-refractivity contribution in [3.63, 3.8) is 0 Å². The first-order chi connectivity index (χ1) is 18.4. The van der Waals surface area contributed by atoms with Gasteiger partial charge in [-0.1, -0.05) is 41.9 Å². The predicted octanol–water partition coefficient (Wildman–Crippen LogP) is 5.28. The number of benzene rings is 1. The minimum atomic E-state index is -1.98. The summed E-state index contributed by atoms with van der Waals surface area (Å²) >= 11 is 7.05. The fraction of sp³-hybridized carbons (Fsp3) is 0.567. The highest BCUT2D eigenvalue weighted by Gasteiger charge is 2.79. The van der Waals surface area contributed by atoms with E-state index < -0.39 is 34.1 Å². The summed E-state index contributed by atoms with van der Waals surface area (Å²) in [5.74, 6) is -1.24. The van der Waals surface area contributed by atoms with Crippen LogP contribution in [0.5, 0.6) is 0 Å². The summed E-state index contributed by atoms with van der Waals surface area (Å²) in [7, 11) is 0. The fourth-order valence-corrected chi connectivity index (χ4v) is 9.74. The lowest BCUT2D eigenvalue weighted by Crippen LogP contribution is -2.69. The van der Waals surface area contributed by atoms with E-state index >= 15 is 4.39 Å². The number of hydroxylamine groups is 1. The number of aliphatic hydroxyl groups excluding tert-OH is 1. The van der Waals surface area contributed by atoms with Gasteiger partial charge >= 0.3 is 0 Å². The second-order valence-electron chi connectivity index (χ2n) is 12.3. The number of aliphatic hydroxyl groups is 1. The van der Waals surface area contributed by atoms with E-state index in [2.05, 4.69) is 0 Å². The Hall–Kier alpha value is -2.00. The molecule has 208 valence electrons. The van der Waals surface area contributed by atoms with Gasteiger partial charge in [0.15, 0.2) is 17.1 Å². The molecule has 0 unspecified atom stereocenters. The Kier molecular flexibility index (Phi) is 6.27. The number of Topliss-reactive ketones (excluding diaryl/α,β-unsaturated/α-hetero) is 1. The number of halogens is 2. The average Bonchev–Trinajstić information content (AvgIpc) is 3.38. The first-order valence-electron chi connectivity index (χ1n) is 13.6. The molecule has 8 atom stereocenters. The monoisotopic (exact) mass is 573 g/mol. The van der Waals surface area contributed by atoms with Crippen LogP contribution in [-0.4, -0.2) is 51.5 Å². The molecule has 1 saturated heterocycles. The Morgan fingerprint density at radius 2 is 1.95 bits per heavy atom. The SMILES string of the molecule is CC(=O)CSC(=O)[C@@]12ON(c3ccc(Cl)cc3)C[C@@H]1C[C@H]1[C@@H]3CCC4=CC(=O)C=C[C@]4(C)[C@@]3(F)[C@@H](O)C[C@@]12C. The number of allylic oxidation sites excluding steroid dienone is 4. The third-order valence-electron chi connectivity index (χ3n) is 10.5. The summed E-state index contributed by atoms with van der Waals surface area (Å²) in [6.07, 6.45) is 4.84. The van der Waals surface area contributed by atoms with Gasteiger partial charge in [-0.2, -0.15) is 0 Å². The largest absolute Gasteiger partial charge is 0.390 e. The topological polar surface area (TPSA) is 83.9 Å². The molecule has 0 amide bonds. The Bertz CT molecular complexity index is 1320. The maximum atomic E-state index is 17.5. The van der Waals surface area contributed by atoms with Crippen molar-refractivity contribution in [2.24, 2.45) is 28.6 Å². The van der Waals surface area contributed by atoms with Gasteiger partial charge in [-0.15, -0.1) is 0 Å². The molecular weight excluding hydrogens is 541 g/mol. The Labute approximate surface area is 236 Å². The second-order valence-corrected chi connectivity index (χ2v) is 13.7. The van der Waals surface area contributed by atoms with E-state index in [0.29, 0.717) is 30.8 Å². The summed E-state index contributed by atoms with van der Waals surface area (Å²) in [6.45, 7) is 5.63. The highest BCUT2D eigenvalue weighted by Crippen LogP contribution is 2.73. The molecule has 4 fully saturated rings. The number of nitrogens with zero attached hydrogens (tertiary/aromatic N) is 1. The number of hydrogen-bond donors (Lipinski definition) is 1. The van der Waals surface area contributed by atoms with Crippen molar-refractivity contribution >= 4 is 45.7 Å². The molecule has 4 aliphatic carbocycles.